The number of benzene rings is 2. The van der Waals surface area contributed by atoms with Crippen LogP contribution in [0.3, 0.4) is 0 Å². The molecule has 2 aromatic carbocycles. The highest BCUT2D eigenvalue weighted by Crippen LogP contribution is 2.43. The van der Waals surface area contributed by atoms with Crippen molar-refractivity contribution in [3.63, 3.8) is 0 Å². The van der Waals surface area contributed by atoms with Gasteiger partial charge in [-0.25, -0.2) is 4.79 Å². The Balaban J connectivity index is 1.82. The summed E-state index contributed by atoms with van der Waals surface area (Å²) in [6, 6.07) is 7.67. The SMILES string of the molecule is C[C@H]1NC(=O)c2cc(-c3ccc4c(=O)c(C(=O)O)cn(C5CC5)c4c3OC(F)F)ccc21. The fourth-order valence-electron chi connectivity index (χ4n) is 4.30. The van der Waals surface area contributed by atoms with Crippen LogP contribution in [0.4, 0.5) is 8.78 Å². The second kappa shape index (κ2) is 7.15. The van der Waals surface area contributed by atoms with E-state index in [1.165, 1.54) is 18.3 Å². The van der Waals surface area contributed by atoms with Gasteiger partial charge in [0.25, 0.3) is 5.91 Å². The highest BCUT2D eigenvalue weighted by Gasteiger charge is 2.31. The van der Waals surface area contributed by atoms with Crippen LogP contribution in [0.2, 0.25) is 0 Å². The first-order valence-electron chi connectivity index (χ1n) is 10.1. The Bertz CT molecular complexity index is 1360. The Morgan fingerprint density at radius 3 is 2.59 bits per heavy atom. The first-order valence-corrected chi connectivity index (χ1v) is 10.1. The lowest BCUT2D eigenvalue weighted by atomic mass is 9.96. The van der Waals surface area contributed by atoms with Crippen LogP contribution in [-0.2, 0) is 0 Å². The largest absolute Gasteiger partial charge is 0.477 e. The number of hydrogen-bond acceptors (Lipinski definition) is 4. The van der Waals surface area contributed by atoms with Gasteiger partial charge in [0.2, 0.25) is 5.43 Å². The van der Waals surface area contributed by atoms with Crippen LogP contribution in [0.5, 0.6) is 5.75 Å². The van der Waals surface area contributed by atoms with Crippen molar-refractivity contribution in [1.29, 1.82) is 0 Å². The van der Waals surface area contributed by atoms with E-state index in [0.717, 1.165) is 18.4 Å². The monoisotopic (exact) mass is 440 g/mol. The number of amides is 1. The number of halogens is 2. The molecule has 1 saturated carbocycles. The first kappa shape index (κ1) is 20.2. The Kier molecular flexibility index (Phi) is 4.51. The number of carboxylic acid groups (broad SMARTS) is 1. The molecule has 0 saturated heterocycles. The number of carboxylic acids is 1. The lowest BCUT2D eigenvalue weighted by Crippen LogP contribution is -2.19. The fraction of sp³-hybridized carbons (Fsp3) is 0.261. The van der Waals surface area contributed by atoms with Gasteiger partial charge in [-0.1, -0.05) is 12.1 Å². The minimum absolute atomic E-state index is 0.0104. The van der Waals surface area contributed by atoms with Gasteiger partial charge in [-0.05, 0) is 49.1 Å². The highest BCUT2D eigenvalue weighted by atomic mass is 19.3. The minimum Gasteiger partial charge on any atom is -0.477 e. The Hall–Kier alpha value is -3.75. The summed E-state index contributed by atoms with van der Waals surface area (Å²) in [6.45, 7) is -1.32. The molecule has 1 aromatic heterocycles. The average Bonchev–Trinajstić information content (AvgIpc) is 3.54. The number of fused-ring (bicyclic) bond motifs is 2. The van der Waals surface area contributed by atoms with Crippen LogP contribution >= 0.6 is 0 Å². The molecule has 0 radical (unpaired) electrons. The summed E-state index contributed by atoms with van der Waals surface area (Å²) in [5, 5.41) is 12.2. The van der Waals surface area contributed by atoms with E-state index in [4.69, 9.17) is 4.74 Å². The summed E-state index contributed by atoms with van der Waals surface area (Å²) < 4.78 is 33.4. The summed E-state index contributed by atoms with van der Waals surface area (Å²) >= 11 is 0. The molecule has 2 N–H and O–H groups in total. The molecule has 2 heterocycles. The molecule has 1 aliphatic carbocycles. The molecule has 2 aliphatic rings. The van der Waals surface area contributed by atoms with E-state index >= 15 is 0 Å². The van der Waals surface area contributed by atoms with Gasteiger partial charge in [0.05, 0.1) is 16.9 Å². The Morgan fingerprint density at radius 2 is 1.94 bits per heavy atom. The normalized spacial score (nSPS) is 17.5. The van der Waals surface area contributed by atoms with E-state index in [1.54, 1.807) is 22.8 Å². The minimum atomic E-state index is -3.17. The van der Waals surface area contributed by atoms with Gasteiger partial charge in [0.1, 0.15) is 5.56 Å². The van der Waals surface area contributed by atoms with Crippen LogP contribution in [0, 0.1) is 0 Å². The van der Waals surface area contributed by atoms with Crippen molar-refractivity contribution in [2.24, 2.45) is 0 Å². The number of alkyl halides is 2. The predicted molar refractivity (Wildman–Crippen MR) is 111 cm³/mol. The fourth-order valence-corrected chi connectivity index (χ4v) is 4.30. The smallest absolute Gasteiger partial charge is 0.387 e. The van der Waals surface area contributed by atoms with Gasteiger partial charge in [-0.2, -0.15) is 8.78 Å². The molecule has 1 fully saturated rings. The quantitative estimate of drug-likeness (QED) is 0.622. The van der Waals surface area contributed by atoms with E-state index in [-0.39, 0.29) is 40.2 Å². The Labute approximate surface area is 180 Å². The van der Waals surface area contributed by atoms with Gasteiger partial charge in [-0.15, -0.1) is 0 Å². The van der Waals surface area contributed by atoms with Crippen LogP contribution in [-0.4, -0.2) is 28.2 Å². The first-order chi connectivity index (χ1) is 15.3. The third kappa shape index (κ3) is 3.12. The number of pyridine rings is 1. The molecule has 9 heteroatoms. The maximum atomic E-state index is 13.5. The van der Waals surface area contributed by atoms with Gasteiger partial charge in [-0.3, -0.25) is 9.59 Å². The Morgan fingerprint density at radius 1 is 1.19 bits per heavy atom. The molecule has 0 bridgehead atoms. The molecular formula is C23H18F2N2O5. The standard InChI is InChI=1S/C23H18F2N2O5/c1-10-13-5-2-11(8-16(13)21(29)26-10)14-6-7-15-18(20(14)32-23(24)25)27(12-3-4-12)9-17(19(15)28)22(30)31/h2,5-10,12,23H,3-4H2,1H3,(H,26,29)(H,30,31)/t10-/m1/s1. The summed E-state index contributed by atoms with van der Waals surface area (Å²) in [4.78, 5) is 36.6. The molecular weight excluding hydrogens is 422 g/mol. The van der Waals surface area contributed by atoms with E-state index < -0.39 is 23.6 Å². The third-order valence-electron chi connectivity index (χ3n) is 5.95. The molecule has 1 aliphatic heterocycles. The van der Waals surface area contributed by atoms with E-state index in [0.29, 0.717) is 11.1 Å². The van der Waals surface area contributed by atoms with Crippen molar-refractivity contribution in [2.75, 3.05) is 0 Å². The topological polar surface area (TPSA) is 97.6 Å². The van der Waals surface area contributed by atoms with Crippen molar-refractivity contribution in [3.05, 3.63) is 63.4 Å². The number of rotatable bonds is 5. The van der Waals surface area contributed by atoms with Crippen molar-refractivity contribution < 1.29 is 28.2 Å². The average molecular weight is 440 g/mol. The number of ether oxygens (including phenoxy) is 1. The van der Waals surface area contributed by atoms with Crippen LogP contribution < -0.4 is 15.5 Å². The van der Waals surface area contributed by atoms with Gasteiger partial charge in [0, 0.05) is 23.4 Å². The zero-order valence-corrected chi connectivity index (χ0v) is 16.9. The maximum Gasteiger partial charge on any atom is 0.387 e. The van der Waals surface area contributed by atoms with Gasteiger partial charge in [0.15, 0.2) is 5.75 Å². The van der Waals surface area contributed by atoms with Crippen molar-refractivity contribution >= 4 is 22.8 Å². The molecule has 5 rings (SSSR count). The maximum absolute atomic E-state index is 13.5. The van der Waals surface area contributed by atoms with E-state index in [9.17, 15) is 28.3 Å². The molecule has 164 valence electrons. The molecule has 32 heavy (non-hydrogen) atoms. The molecule has 0 unspecified atom stereocenters. The molecule has 3 aromatic rings. The summed E-state index contributed by atoms with van der Waals surface area (Å²) in [5.74, 6) is -1.86. The number of aromatic carboxylic acids is 1. The molecule has 0 spiro atoms. The number of aromatic nitrogens is 1. The third-order valence-corrected chi connectivity index (χ3v) is 5.95. The number of nitrogens with zero attached hydrogens (tertiary/aromatic N) is 1. The van der Waals surface area contributed by atoms with E-state index in [1.807, 2.05) is 6.92 Å². The number of carbonyl (C=O) groups is 2. The van der Waals surface area contributed by atoms with E-state index in [2.05, 4.69) is 5.32 Å². The molecule has 7 nitrogen and oxygen atoms in total. The second-order valence-electron chi connectivity index (χ2n) is 8.03. The summed E-state index contributed by atoms with van der Waals surface area (Å²) in [6.07, 6.45) is 2.66. The number of nitrogens with one attached hydrogen (secondary N) is 1. The van der Waals surface area contributed by atoms with Gasteiger partial charge >= 0.3 is 12.6 Å². The second-order valence-corrected chi connectivity index (χ2v) is 8.03. The highest BCUT2D eigenvalue weighted by molar-refractivity contribution is 6.02. The number of hydrogen-bond donors (Lipinski definition) is 2. The van der Waals surface area contributed by atoms with Crippen molar-refractivity contribution in [3.8, 4) is 16.9 Å². The predicted octanol–water partition coefficient (Wildman–Crippen LogP) is 4.11. The number of carbonyl (C=O) groups excluding carboxylic acids is 1. The van der Waals surface area contributed by atoms with Crippen LogP contribution in [0.25, 0.3) is 22.0 Å². The van der Waals surface area contributed by atoms with Crippen LogP contribution in [0.15, 0.2) is 41.3 Å². The van der Waals surface area contributed by atoms with Crippen molar-refractivity contribution in [2.45, 2.75) is 38.5 Å². The molecule has 1 atom stereocenters. The zero-order chi connectivity index (χ0) is 22.7. The van der Waals surface area contributed by atoms with Crippen LogP contribution in [0.1, 0.15) is 58.1 Å². The lowest BCUT2D eigenvalue weighted by Gasteiger charge is -2.19. The summed E-state index contributed by atoms with van der Waals surface area (Å²) in [7, 11) is 0. The van der Waals surface area contributed by atoms with Crippen molar-refractivity contribution in [1.82, 2.24) is 9.88 Å². The molecule has 1 amide bonds. The zero-order valence-electron chi connectivity index (χ0n) is 16.9. The van der Waals surface area contributed by atoms with Gasteiger partial charge < -0.3 is 19.7 Å². The summed E-state index contributed by atoms with van der Waals surface area (Å²) in [5.41, 5.74) is 0.933. The lowest BCUT2D eigenvalue weighted by molar-refractivity contribution is -0.0486.